The fourth-order valence-corrected chi connectivity index (χ4v) is 1.88. The van der Waals surface area contributed by atoms with Crippen LogP contribution in [0.3, 0.4) is 0 Å². The zero-order valence-corrected chi connectivity index (χ0v) is 7.35. The molecule has 8 heteroatoms. The lowest BCUT2D eigenvalue weighted by Crippen LogP contribution is -2.29. The van der Waals surface area contributed by atoms with Crippen LogP contribution in [0.15, 0.2) is 0 Å². The molecule has 2 unspecified atom stereocenters. The molecule has 1 N–H and O–H groups in total. The van der Waals surface area contributed by atoms with Crippen molar-refractivity contribution in [3.05, 3.63) is 0 Å². The molecule has 0 aromatic heterocycles. The predicted molar refractivity (Wildman–Crippen MR) is 35.9 cm³/mol. The maximum absolute atomic E-state index is 12.1. The molecule has 1 heterocycles. The van der Waals surface area contributed by atoms with E-state index in [1.165, 1.54) is 0 Å². The number of phosphoric acid groups is 1. The van der Waals surface area contributed by atoms with Gasteiger partial charge in [-0.15, -0.1) is 0 Å². The largest absolute Gasteiger partial charge is 0.472 e. The normalized spacial score (nSPS) is 37.1. The fourth-order valence-electron chi connectivity index (χ4n) is 0.916. The highest BCUT2D eigenvalue weighted by Gasteiger charge is 2.46. The molecule has 13 heavy (non-hydrogen) atoms. The Morgan fingerprint density at radius 2 is 2.08 bits per heavy atom. The first-order chi connectivity index (χ1) is 5.81. The number of hydrogen-bond donors (Lipinski definition) is 1. The third-order valence-corrected chi connectivity index (χ3v) is 2.52. The minimum atomic E-state index is -4.62. The standard InChI is InChI=1S/C5H8F3O4P/c6-5(7,8)4-2-1-3-11-13(9,10)12-4/h4H,1-3H2,(H,9,10). The van der Waals surface area contributed by atoms with Gasteiger partial charge >= 0.3 is 14.0 Å². The lowest BCUT2D eigenvalue weighted by Gasteiger charge is -2.18. The van der Waals surface area contributed by atoms with Crippen molar-refractivity contribution in [3.63, 3.8) is 0 Å². The first-order valence-electron chi connectivity index (χ1n) is 3.54. The van der Waals surface area contributed by atoms with E-state index in [-0.39, 0.29) is 19.4 Å². The van der Waals surface area contributed by atoms with Gasteiger partial charge in [-0.25, -0.2) is 4.57 Å². The molecule has 0 saturated carbocycles. The molecule has 78 valence electrons. The second-order valence-corrected chi connectivity index (χ2v) is 3.99. The van der Waals surface area contributed by atoms with Crippen LogP contribution in [0.2, 0.25) is 0 Å². The molecule has 1 aliphatic heterocycles. The van der Waals surface area contributed by atoms with Gasteiger partial charge in [0.2, 0.25) is 0 Å². The Morgan fingerprint density at radius 1 is 1.46 bits per heavy atom. The van der Waals surface area contributed by atoms with Gasteiger partial charge in [-0.2, -0.15) is 13.2 Å². The Hall–Kier alpha value is -0.100. The van der Waals surface area contributed by atoms with Crippen molar-refractivity contribution < 1.29 is 31.7 Å². The molecule has 0 bridgehead atoms. The molecule has 0 aromatic rings. The van der Waals surface area contributed by atoms with Crippen LogP contribution in [0.25, 0.3) is 0 Å². The summed E-state index contributed by atoms with van der Waals surface area (Å²) in [6, 6.07) is 0. The van der Waals surface area contributed by atoms with Crippen molar-refractivity contribution in [1.29, 1.82) is 0 Å². The molecule has 1 aliphatic rings. The summed E-state index contributed by atoms with van der Waals surface area (Å²) in [6.45, 7) is -0.194. The topological polar surface area (TPSA) is 55.8 Å². The molecule has 1 rings (SSSR count). The number of hydrogen-bond acceptors (Lipinski definition) is 3. The summed E-state index contributed by atoms with van der Waals surface area (Å²) in [5.74, 6) is 0. The van der Waals surface area contributed by atoms with E-state index >= 15 is 0 Å². The summed E-state index contributed by atoms with van der Waals surface area (Å²) in [4.78, 5) is 8.70. The monoisotopic (exact) mass is 220 g/mol. The number of halogens is 3. The molecule has 4 nitrogen and oxygen atoms in total. The van der Waals surface area contributed by atoms with Gasteiger partial charge in [0.1, 0.15) is 0 Å². The van der Waals surface area contributed by atoms with Crippen molar-refractivity contribution >= 4 is 7.82 Å². The number of rotatable bonds is 0. The second kappa shape index (κ2) is 3.57. The number of alkyl halides is 3. The highest BCUT2D eigenvalue weighted by molar-refractivity contribution is 7.47. The Bertz CT molecular complexity index is 228. The Labute approximate surface area is 72.3 Å². The summed E-state index contributed by atoms with van der Waals surface area (Å²) in [6.07, 6.45) is -7.12. The van der Waals surface area contributed by atoms with Gasteiger partial charge in [0.05, 0.1) is 6.61 Å². The van der Waals surface area contributed by atoms with Gasteiger partial charge in [0, 0.05) is 0 Å². The maximum atomic E-state index is 12.1. The third-order valence-electron chi connectivity index (χ3n) is 1.49. The molecule has 0 aliphatic carbocycles. The van der Waals surface area contributed by atoms with E-state index in [1.807, 2.05) is 0 Å². The van der Waals surface area contributed by atoms with Crippen LogP contribution >= 0.6 is 7.82 Å². The highest BCUT2D eigenvalue weighted by atomic mass is 31.2. The van der Waals surface area contributed by atoms with E-state index in [0.29, 0.717) is 0 Å². The van der Waals surface area contributed by atoms with Crippen molar-refractivity contribution in [2.75, 3.05) is 6.61 Å². The quantitative estimate of drug-likeness (QED) is 0.633. The Morgan fingerprint density at radius 3 is 2.62 bits per heavy atom. The summed E-state index contributed by atoms with van der Waals surface area (Å²) in [5.41, 5.74) is 0. The summed E-state index contributed by atoms with van der Waals surface area (Å²) >= 11 is 0. The zero-order chi connectivity index (χ0) is 10.1. The molecule has 0 aromatic carbocycles. The van der Waals surface area contributed by atoms with E-state index in [4.69, 9.17) is 4.89 Å². The first kappa shape index (κ1) is 11.0. The molecule has 2 atom stereocenters. The van der Waals surface area contributed by atoms with Crippen molar-refractivity contribution in [3.8, 4) is 0 Å². The van der Waals surface area contributed by atoms with Gasteiger partial charge in [-0.05, 0) is 12.8 Å². The lowest BCUT2D eigenvalue weighted by atomic mass is 10.2. The minimum absolute atomic E-state index is 0.0503. The van der Waals surface area contributed by atoms with Crippen LogP contribution in [0.1, 0.15) is 12.8 Å². The highest BCUT2D eigenvalue weighted by Crippen LogP contribution is 2.49. The average Bonchev–Trinajstić information content (AvgIpc) is 2.08. The molecule has 0 radical (unpaired) electrons. The molecular formula is C5H8F3O4P. The van der Waals surface area contributed by atoms with Crippen LogP contribution in [0, 0.1) is 0 Å². The zero-order valence-electron chi connectivity index (χ0n) is 6.45. The molecule has 1 fully saturated rings. The predicted octanol–water partition coefficient (Wildman–Crippen LogP) is 1.84. The SMILES string of the molecule is O=P1(O)OCCCC(C(F)(F)F)O1. The molecule has 0 spiro atoms. The van der Waals surface area contributed by atoms with Gasteiger partial charge in [-0.3, -0.25) is 9.05 Å². The van der Waals surface area contributed by atoms with Crippen LogP contribution < -0.4 is 0 Å². The van der Waals surface area contributed by atoms with Crippen LogP contribution in [-0.2, 0) is 13.6 Å². The van der Waals surface area contributed by atoms with E-state index in [9.17, 15) is 17.7 Å². The van der Waals surface area contributed by atoms with E-state index < -0.39 is 20.1 Å². The summed E-state index contributed by atoms with van der Waals surface area (Å²) in [5, 5.41) is 0. The van der Waals surface area contributed by atoms with Gasteiger partial charge in [0.15, 0.2) is 6.10 Å². The lowest BCUT2D eigenvalue weighted by molar-refractivity contribution is -0.198. The van der Waals surface area contributed by atoms with Gasteiger partial charge in [0.25, 0.3) is 0 Å². The summed E-state index contributed by atoms with van der Waals surface area (Å²) in [7, 11) is -4.50. The van der Waals surface area contributed by atoms with E-state index in [2.05, 4.69) is 9.05 Å². The Balaban J connectivity index is 2.71. The van der Waals surface area contributed by atoms with Crippen LogP contribution in [0.5, 0.6) is 0 Å². The number of phosphoric ester groups is 1. The van der Waals surface area contributed by atoms with Gasteiger partial charge < -0.3 is 4.89 Å². The van der Waals surface area contributed by atoms with Gasteiger partial charge in [-0.1, -0.05) is 0 Å². The van der Waals surface area contributed by atoms with E-state index in [1.54, 1.807) is 0 Å². The summed E-state index contributed by atoms with van der Waals surface area (Å²) < 4.78 is 55.0. The van der Waals surface area contributed by atoms with Crippen molar-refractivity contribution in [1.82, 2.24) is 0 Å². The first-order valence-corrected chi connectivity index (χ1v) is 5.03. The molecule has 1 saturated heterocycles. The fraction of sp³-hybridized carbons (Fsp3) is 1.00. The minimum Gasteiger partial charge on any atom is -0.302 e. The van der Waals surface area contributed by atoms with Crippen LogP contribution in [-0.4, -0.2) is 23.8 Å². The smallest absolute Gasteiger partial charge is 0.302 e. The molecule has 0 amide bonds. The van der Waals surface area contributed by atoms with Crippen molar-refractivity contribution in [2.24, 2.45) is 0 Å². The maximum Gasteiger partial charge on any atom is 0.472 e. The Kier molecular flexibility index (Phi) is 3.01. The second-order valence-electron chi connectivity index (χ2n) is 2.58. The third kappa shape index (κ3) is 3.27. The van der Waals surface area contributed by atoms with E-state index in [0.717, 1.165) is 0 Å². The van der Waals surface area contributed by atoms with Crippen LogP contribution in [0.4, 0.5) is 13.2 Å². The average molecular weight is 220 g/mol. The van der Waals surface area contributed by atoms with Crippen molar-refractivity contribution in [2.45, 2.75) is 25.1 Å². The molecular weight excluding hydrogens is 212 g/mol.